The van der Waals surface area contributed by atoms with Gasteiger partial charge < -0.3 is 9.47 Å². The van der Waals surface area contributed by atoms with Crippen LogP contribution < -0.4 is 4.74 Å². The Morgan fingerprint density at radius 1 is 1.19 bits per heavy atom. The van der Waals surface area contributed by atoms with Gasteiger partial charge in [-0.15, -0.1) is 0 Å². The van der Waals surface area contributed by atoms with E-state index in [1.54, 1.807) is 0 Å². The Balaban J connectivity index is 2.32. The minimum Gasteiger partial charge on any atom is -0.491 e. The third-order valence-electron chi connectivity index (χ3n) is 1.94. The molecule has 90 valence electrons. The van der Waals surface area contributed by atoms with E-state index in [-0.39, 0.29) is 5.60 Å². The van der Waals surface area contributed by atoms with Crippen molar-refractivity contribution in [1.29, 1.82) is 0 Å². The van der Waals surface area contributed by atoms with Gasteiger partial charge in [0.1, 0.15) is 12.4 Å². The number of alkyl halides is 1. The average Bonchev–Trinajstić information content (AvgIpc) is 2.23. The van der Waals surface area contributed by atoms with Gasteiger partial charge in [-0.05, 0) is 38.5 Å². The molecule has 0 spiro atoms. The molecule has 0 amide bonds. The third-order valence-corrected chi connectivity index (χ3v) is 2.59. The van der Waals surface area contributed by atoms with Crippen molar-refractivity contribution in [2.45, 2.75) is 31.7 Å². The summed E-state index contributed by atoms with van der Waals surface area (Å²) >= 11 is 3.42. The van der Waals surface area contributed by atoms with Crippen LogP contribution in [-0.4, -0.2) is 18.8 Å². The fourth-order valence-electron chi connectivity index (χ4n) is 1.23. The second-order valence-corrected chi connectivity index (χ2v) is 5.15. The lowest BCUT2D eigenvalue weighted by atomic mass is 10.2. The van der Waals surface area contributed by atoms with Crippen LogP contribution in [0.1, 0.15) is 26.3 Å². The molecule has 1 rings (SSSR count). The summed E-state index contributed by atoms with van der Waals surface area (Å²) in [6.07, 6.45) is 0. The molecule has 1 aromatic rings. The monoisotopic (exact) mass is 286 g/mol. The molecule has 0 unspecified atom stereocenters. The van der Waals surface area contributed by atoms with E-state index >= 15 is 0 Å². The van der Waals surface area contributed by atoms with Crippen LogP contribution in [0.15, 0.2) is 24.3 Å². The van der Waals surface area contributed by atoms with E-state index in [4.69, 9.17) is 9.47 Å². The Bertz CT molecular complexity index is 318. The highest BCUT2D eigenvalue weighted by Gasteiger charge is 2.09. The van der Waals surface area contributed by atoms with Crippen molar-refractivity contribution in [3.8, 4) is 5.75 Å². The maximum absolute atomic E-state index is 5.60. The lowest BCUT2D eigenvalue weighted by molar-refractivity contribution is -0.0163. The molecule has 0 fully saturated rings. The molecule has 0 atom stereocenters. The molecule has 1 aromatic carbocycles. The first-order chi connectivity index (χ1) is 7.51. The van der Waals surface area contributed by atoms with E-state index in [2.05, 4.69) is 22.0 Å². The van der Waals surface area contributed by atoms with Crippen LogP contribution in [0.4, 0.5) is 0 Å². The number of rotatable bonds is 5. The van der Waals surface area contributed by atoms with Gasteiger partial charge in [0.15, 0.2) is 0 Å². The third kappa shape index (κ3) is 5.52. The highest BCUT2D eigenvalue weighted by Crippen LogP contribution is 2.15. The van der Waals surface area contributed by atoms with Crippen LogP contribution in [0.5, 0.6) is 5.75 Å². The molecule has 0 aliphatic rings. The normalized spacial score (nSPS) is 11.5. The topological polar surface area (TPSA) is 18.5 Å². The van der Waals surface area contributed by atoms with Gasteiger partial charge in [0.25, 0.3) is 0 Å². The standard InChI is InChI=1S/C13H19BrO2/c1-13(2,3)16-8-7-15-12-6-4-5-11(9-12)10-14/h4-6,9H,7-8,10H2,1-3H3. The fraction of sp³-hybridized carbons (Fsp3) is 0.538. The smallest absolute Gasteiger partial charge is 0.119 e. The van der Waals surface area contributed by atoms with Crippen LogP contribution in [0.3, 0.4) is 0 Å². The predicted molar refractivity (Wildman–Crippen MR) is 70.3 cm³/mol. The molecule has 3 heteroatoms. The first-order valence-electron chi connectivity index (χ1n) is 5.43. The van der Waals surface area contributed by atoms with Crippen LogP contribution in [0.2, 0.25) is 0 Å². The molecule has 0 aromatic heterocycles. The fourth-order valence-corrected chi connectivity index (χ4v) is 1.57. The minimum atomic E-state index is -0.0962. The highest BCUT2D eigenvalue weighted by atomic mass is 79.9. The molecule has 0 bridgehead atoms. The summed E-state index contributed by atoms with van der Waals surface area (Å²) in [5.41, 5.74) is 1.12. The van der Waals surface area contributed by atoms with Crippen molar-refractivity contribution in [2.75, 3.05) is 13.2 Å². The average molecular weight is 287 g/mol. The lowest BCUT2D eigenvalue weighted by Crippen LogP contribution is -2.22. The van der Waals surface area contributed by atoms with Gasteiger partial charge in [0, 0.05) is 5.33 Å². The van der Waals surface area contributed by atoms with Gasteiger partial charge in [-0.3, -0.25) is 0 Å². The van der Waals surface area contributed by atoms with Gasteiger partial charge in [0.2, 0.25) is 0 Å². The molecular weight excluding hydrogens is 268 g/mol. The minimum absolute atomic E-state index is 0.0962. The molecule has 0 heterocycles. The molecule has 2 nitrogen and oxygen atoms in total. The Morgan fingerprint density at radius 3 is 2.56 bits per heavy atom. The summed E-state index contributed by atoms with van der Waals surface area (Å²) in [7, 11) is 0. The summed E-state index contributed by atoms with van der Waals surface area (Å²) in [5.74, 6) is 0.898. The Kier molecular flexibility index (Phi) is 5.29. The van der Waals surface area contributed by atoms with Crippen molar-refractivity contribution in [2.24, 2.45) is 0 Å². The Hall–Kier alpha value is -0.540. The van der Waals surface area contributed by atoms with Crippen molar-refractivity contribution in [1.82, 2.24) is 0 Å². The van der Waals surface area contributed by atoms with Crippen LogP contribution >= 0.6 is 15.9 Å². The van der Waals surface area contributed by atoms with Crippen molar-refractivity contribution >= 4 is 15.9 Å². The van der Waals surface area contributed by atoms with E-state index in [0.29, 0.717) is 13.2 Å². The van der Waals surface area contributed by atoms with E-state index < -0.39 is 0 Å². The number of halogens is 1. The highest BCUT2D eigenvalue weighted by molar-refractivity contribution is 9.08. The van der Waals surface area contributed by atoms with Crippen molar-refractivity contribution < 1.29 is 9.47 Å². The van der Waals surface area contributed by atoms with Crippen molar-refractivity contribution in [3.63, 3.8) is 0 Å². The number of hydrogen-bond acceptors (Lipinski definition) is 2. The first kappa shape index (κ1) is 13.5. The predicted octanol–water partition coefficient (Wildman–Crippen LogP) is 3.78. The quantitative estimate of drug-likeness (QED) is 0.606. The lowest BCUT2D eigenvalue weighted by Gasteiger charge is -2.19. The number of benzene rings is 1. The zero-order chi connectivity index (χ0) is 12.0. The molecule has 16 heavy (non-hydrogen) atoms. The maximum Gasteiger partial charge on any atom is 0.119 e. The zero-order valence-electron chi connectivity index (χ0n) is 10.1. The van der Waals surface area contributed by atoms with Gasteiger partial charge in [-0.25, -0.2) is 0 Å². The van der Waals surface area contributed by atoms with Crippen molar-refractivity contribution in [3.05, 3.63) is 29.8 Å². The summed E-state index contributed by atoms with van der Waals surface area (Å²) in [6.45, 7) is 7.32. The Morgan fingerprint density at radius 2 is 1.94 bits per heavy atom. The molecular formula is C13H19BrO2. The van der Waals surface area contributed by atoms with E-state index in [1.165, 1.54) is 5.56 Å². The van der Waals surface area contributed by atoms with Gasteiger partial charge in [-0.1, -0.05) is 28.1 Å². The second-order valence-electron chi connectivity index (χ2n) is 4.59. The molecule has 0 aliphatic carbocycles. The Labute approximate surface area is 106 Å². The molecule has 0 radical (unpaired) electrons. The molecule has 0 N–H and O–H groups in total. The summed E-state index contributed by atoms with van der Waals surface area (Å²) in [6, 6.07) is 8.05. The van der Waals surface area contributed by atoms with Gasteiger partial charge in [0.05, 0.1) is 12.2 Å². The maximum atomic E-state index is 5.60. The van der Waals surface area contributed by atoms with Crippen LogP contribution in [0.25, 0.3) is 0 Å². The van der Waals surface area contributed by atoms with E-state index in [0.717, 1.165) is 11.1 Å². The summed E-state index contributed by atoms with van der Waals surface area (Å²) in [4.78, 5) is 0. The van der Waals surface area contributed by atoms with Crippen LogP contribution in [-0.2, 0) is 10.1 Å². The number of hydrogen-bond donors (Lipinski definition) is 0. The summed E-state index contributed by atoms with van der Waals surface area (Å²) in [5, 5.41) is 0.850. The van der Waals surface area contributed by atoms with Gasteiger partial charge in [-0.2, -0.15) is 0 Å². The zero-order valence-corrected chi connectivity index (χ0v) is 11.7. The van der Waals surface area contributed by atoms with E-state index in [1.807, 2.05) is 39.0 Å². The SMILES string of the molecule is CC(C)(C)OCCOc1cccc(CBr)c1. The van der Waals surface area contributed by atoms with Crippen LogP contribution in [0, 0.1) is 0 Å². The number of ether oxygens (including phenoxy) is 2. The summed E-state index contributed by atoms with van der Waals surface area (Å²) < 4.78 is 11.2. The van der Waals surface area contributed by atoms with Gasteiger partial charge >= 0.3 is 0 Å². The molecule has 0 saturated carbocycles. The molecule has 0 aliphatic heterocycles. The first-order valence-corrected chi connectivity index (χ1v) is 6.55. The van der Waals surface area contributed by atoms with E-state index in [9.17, 15) is 0 Å². The molecule has 0 saturated heterocycles. The largest absolute Gasteiger partial charge is 0.491 e. The second kappa shape index (κ2) is 6.26.